The minimum Gasteiger partial charge on any atom is -1.00 e. The van der Waals surface area contributed by atoms with E-state index < -0.39 is 0 Å². The standard InChI is InChI=1S/4C2H5.Ca.Zn.2H/c4*1-2;;;;/h4*1H2,2H3;;;;/q4*-1;+2;;2*-1. The van der Waals surface area contributed by atoms with Crippen LogP contribution in [0.15, 0.2) is 0 Å². The summed E-state index contributed by atoms with van der Waals surface area (Å²) >= 11 is 0. The molecule has 0 rings (SSSR count). The van der Waals surface area contributed by atoms with Crippen LogP contribution >= 0.6 is 0 Å². The molecule has 0 fully saturated rings. The average molecular weight is 224 g/mol. The van der Waals surface area contributed by atoms with Gasteiger partial charge in [-0.15, -0.1) is 0 Å². The maximum atomic E-state index is 3.25. The van der Waals surface area contributed by atoms with Gasteiger partial charge < -0.3 is 30.5 Å². The van der Waals surface area contributed by atoms with Gasteiger partial charge in [0.15, 0.2) is 0 Å². The third kappa shape index (κ3) is 220. The molecule has 0 aliphatic heterocycles. The van der Waals surface area contributed by atoms with Crippen LogP contribution in [0.4, 0.5) is 0 Å². The first-order valence-corrected chi connectivity index (χ1v) is 2.83. The van der Waals surface area contributed by atoms with Crippen LogP contribution in [0.3, 0.4) is 0 Å². The normalized spacial score (nSPS) is 2.40. The molecule has 2 heteroatoms. The first-order valence-electron chi connectivity index (χ1n) is 2.83. The molecule has 10 heavy (non-hydrogen) atoms. The van der Waals surface area contributed by atoms with E-state index in [0.717, 1.165) is 0 Å². The summed E-state index contributed by atoms with van der Waals surface area (Å²) in [4.78, 5) is 0. The fourth-order valence-corrected chi connectivity index (χ4v) is 0. The molecule has 0 N–H and O–H groups in total. The summed E-state index contributed by atoms with van der Waals surface area (Å²) in [5.74, 6) is 0. The van der Waals surface area contributed by atoms with E-state index in [4.69, 9.17) is 0 Å². The summed E-state index contributed by atoms with van der Waals surface area (Å²) in [6, 6.07) is 0. The summed E-state index contributed by atoms with van der Waals surface area (Å²) in [5.41, 5.74) is 0. The van der Waals surface area contributed by atoms with Gasteiger partial charge in [0.1, 0.15) is 0 Å². The molecule has 0 radical (unpaired) electrons. The molecule has 0 aliphatic rings. The maximum Gasteiger partial charge on any atom is 2.00 e. The molecule has 0 saturated heterocycles. The van der Waals surface area contributed by atoms with Crippen molar-refractivity contribution in [2.45, 2.75) is 27.7 Å². The van der Waals surface area contributed by atoms with Crippen LogP contribution in [0, 0.1) is 27.7 Å². The Morgan fingerprint density at radius 3 is 0.600 bits per heavy atom. The molecule has 0 aromatic carbocycles. The van der Waals surface area contributed by atoms with Gasteiger partial charge in [-0.1, -0.05) is 0 Å². The fourth-order valence-electron chi connectivity index (χ4n) is 0. The quantitative estimate of drug-likeness (QED) is 0.437. The van der Waals surface area contributed by atoms with Crippen molar-refractivity contribution in [3.63, 3.8) is 0 Å². The molecule has 0 aliphatic carbocycles. The topological polar surface area (TPSA) is 0 Å². The molecular formula is C8H22CaZn-4. The Hall–Kier alpha value is 1.88. The maximum absolute atomic E-state index is 3.25. The van der Waals surface area contributed by atoms with Gasteiger partial charge >= 0.3 is 37.7 Å². The smallest absolute Gasteiger partial charge is 1.00 e. The third-order valence-electron chi connectivity index (χ3n) is 0. The minimum atomic E-state index is 0. The molecule has 0 bridgehead atoms. The molecule has 0 amide bonds. The summed E-state index contributed by atoms with van der Waals surface area (Å²) in [5, 5.41) is 0. The molecule has 62 valence electrons. The van der Waals surface area contributed by atoms with Gasteiger partial charge in [0, 0.05) is 19.5 Å². The second-order valence-corrected chi connectivity index (χ2v) is 0. The van der Waals surface area contributed by atoms with E-state index in [1.54, 1.807) is 27.7 Å². The van der Waals surface area contributed by atoms with Crippen LogP contribution in [0.1, 0.15) is 30.5 Å². The van der Waals surface area contributed by atoms with Crippen molar-refractivity contribution >= 4 is 37.7 Å². The zero-order chi connectivity index (χ0) is 8.00. The zero-order valence-electron chi connectivity index (χ0n) is 10.2. The van der Waals surface area contributed by atoms with Crippen molar-refractivity contribution < 1.29 is 22.3 Å². The van der Waals surface area contributed by atoms with Crippen molar-refractivity contribution in [1.82, 2.24) is 0 Å². The largest absolute Gasteiger partial charge is 2.00 e. The van der Waals surface area contributed by atoms with E-state index in [1.165, 1.54) is 0 Å². The molecular weight excluding hydrogens is 202 g/mol. The second kappa shape index (κ2) is 300. The van der Waals surface area contributed by atoms with Gasteiger partial charge in [-0.25, -0.2) is 0 Å². The molecule has 0 atom stereocenters. The summed E-state index contributed by atoms with van der Waals surface area (Å²) in [6.07, 6.45) is 0. The first-order chi connectivity index (χ1) is 4.00. The van der Waals surface area contributed by atoms with Crippen LogP contribution < -0.4 is 0 Å². The first kappa shape index (κ1) is 40.7. The van der Waals surface area contributed by atoms with E-state index in [9.17, 15) is 0 Å². The molecule has 0 aromatic heterocycles. The van der Waals surface area contributed by atoms with Crippen molar-refractivity contribution in [1.29, 1.82) is 0 Å². The molecule has 0 nitrogen and oxygen atoms in total. The molecule has 0 spiro atoms. The molecule has 0 unspecified atom stereocenters. The minimum absolute atomic E-state index is 0. The fraction of sp³-hybridized carbons (Fsp3) is 0.500. The number of hydrogen-bond donors (Lipinski definition) is 0. The van der Waals surface area contributed by atoms with Gasteiger partial charge in [-0.05, 0) is 0 Å². The number of hydrogen-bond acceptors (Lipinski definition) is 0. The van der Waals surface area contributed by atoms with Gasteiger partial charge in [0.05, 0.1) is 0 Å². The molecule has 0 aromatic rings. The van der Waals surface area contributed by atoms with Crippen molar-refractivity contribution in [3.8, 4) is 0 Å². The monoisotopic (exact) mass is 222 g/mol. The van der Waals surface area contributed by atoms with Crippen LogP contribution in [0.5, 0.6) is 0 Å². The predicted octanol–water partition coefficient (Wildman–Crippen LogP) is 3.20. The van der Waals surface area contributed by atoms with Gasteiger partial charge in [-0.2, -0.15) is 27.7 Å². The summed E-state index contributed by atoms with van der Waals surface area (Å²) in [7, 11) is 0. The van der Waals surface area contributed by atoms with Gasteiger partial charge in [0.25, 0.3) is 0 Å². The van der Waals surface area contributed by atoms with Crippen molar-refractivity contribution in [2.24, 2.45) is 0 Å². The predicted molar refractivity (Wildman–Crippen MR) is 52.1 cm³/mol. The van der Waals surface area contributed by atoms with Gasteiger partial charge in [0.2, 0.25) is 0 Å². The van der Waals surface area contributed by atoms with Crippen LogP contribution in [-0.4, -0.2) is 37.7 Å². The van der Waals surface area contributed by atoms with Crippen molar-refractivity contribution in [2.75, 3.05) is 0 Å². The van der Waals surface area contributed by atoms with Crippen LogP contribution in [-0.2, 0) is 19.5 Å². The Balaban J connectivity index is -0.00000000267. The van der Waals surface area contributed by atoms with E-state index in [0.29, 0.717) is 0 Å². The van der Waals surface area contributed by atoms with E-state index in [1.807, 2.05) is 0 Å². The van der Waals surface area contributed by atoms with Crippen LogP contribution in [0.25, 0.3) is 0 Å². The Morgan fingerprint density at radius 2 is 0.600 bits per heavy atom. The Kier molecular flexibility index (Phi) is 1220. The summed E-state index contributed by atoms with van der Waals surface area (Å²) < 4.78 is 0. The Labute approximate surface area is 114 Å². The van der Waals surface area contributed by atoms with E-state index >= 15 is 0 Å². The second-order valence-electron chi connectivity index (χ2n) is 0. The Bertz CT molecular complexity index is 17.0. The van der Waals surface area contributed by atoms with E-state index in [2.05, 4.69) is 27.7 Å². The number of rotatable bonds is 0. The van der Waals surface area contributed by atoms with E-state index in [-0.39, 0.29) is 60.1 Å². The average Bonchev–Trinajstić information content (AvgIpc) is 2.03. The zero-order valence-corrected chi connectivity index (χ0v) is 13.4. The van der Waals surface area contributed by atoms with Crippen LogP contribution in [0.2, 0.25) is 0 Å². The summed E-state index contributed by atoms with van der Waals surface area (Å²) in [6.45, 7) is 20.0. The SMILES string of the molecule is [CH2-]C.[CH2-]C.[CH2-]C.[CH2-]C.[Ca+2].[H-].[H-].[Zn]. The van der Waals surface area contributed by atoms with Gasteiger partial charge in [-0.3, -0.25) is 0 Å². The third-order valence-corrected chi connectivity index (χ3v) is 0. The molecule has 0 saturated carbocycles. The molecule has 0 heterocycles. The Morgan fingerprint density at radius 1 is 0.600 bits per heavy atom. The van der Waals surface area contributed by atoms with Crippen molar-refractivity contribution in [3.05, 3.63) is 27.7 Å².